The smallest absolute Gasteiger partial charge is 0.753 e. The van der Waals surface area contributed by atoms with Gasteiger partial charge in [-0.05, 0) is 36.8 Å². The van der Waals surface area contributed by atoms with Crippen LogP contribution in [0.2, 0.25) is 10.0 Å². The van der Waals surface area contributed by atoms with E-state index in [0.717, 1.165) is 0 Å². The van der Waals surface area contributed by atoms with E-state index >= 15 is 0 Å². The summed E-state index contributed by atoms with van der Waals surface area (Å²) in [6.45, 7) is 0.345. The molecule has 0 atom stereocenters. The van der Waals surface area contributed by atoms with Crippen LogP contribution >= 0.6 is 35.4 Å². The molecule has 0 fully saturated rings. The zero-order chi connectivity index (χ0) is 20.1. The Labute approximate surface area is 194 Å². The first-order valence-electron chi connectivity index (χ1n) is 7.67. The van der Waals surface area contributed by atoms with Crippen LogP contribution in [0.1, 0.15) is 18.4 Å². The van der Waals surface area contributed by atoms with Gasteiger partial charge in [-0.1, -0.05) is 47.6 Å². The summed E-state index contributed by atoms with van der Waals surface area (Å²) in [5.41, 5.74) is 2.92. The van der Waals surface area contributed by atoms with E-state index in [9.17, 15) is 9.90 Å². The number of rotatable bonds is 7. The molecule has 0 saturated heterocycles. The fourth-order valence-corrected chi connectivity index (χ4v) is 2.30. The van der Waals surface area contributed by atoms with Gasteiger partial charge in [-0.15, -0.1) is 0 Å². The topological polar surface area (TPSA) is 125 Å². The number of para-hydroxylation sites is 1. The molecule has 160 valence electrons. The van der Waals surface area contributed by atoms with Crippen LogP contribution in [0.4, 0.5) is 0 Å². The van der Waals surface area contributed by atoms with E-state index in [2.05, 4.69) is 22.7 Å². The zero-order valence-corrected chi connectivity index (χ0v) is 18.1. The van der Waals surface area contributed by atoms with Crippen LogP contribution in [0.15, 0.2) is 47.6 Å². The number of carbonyl (C=O) groups is 1. The average Bonchev–Trinajstić information content (AvgIpc) is 2.62. The van der Waals surface area contributed by atoms with Gasteiger partial charge in [0.25, 0.3) is 0 Å². The summed E-state index contributed by atoms with van der Waals surface area (Å²) < 4.78 is 5.49. The van der Waals surface area contributed by atoms with E-state index in [0.29, 0.717) is 34.4 Å². The second-order valence-electron chi connectivity index (χ2n) is 4.97. The van der Waals surface area contributed by atoms with Crippen molar-refractivity contribution >= 4 is 52.7 Å². The Morgan fingerprint density at radius 2 is 1.97 bits per heavy atom. The molecule has 4 N–H and O–H groups in total. The van der Waals surface area contributed by atoms with Gasteiger partial charge in [0.05, 0.1) is 17.8 Å². The quantitative estimate of drug-likeness (QED) is 0.194. The number of halogens is 2. The number of nitrogens with zero attached hydrogens (tertiary/aromatic N) is 2. The fraction of sp³-hybridized carbons (Fsp3) is 0.167. The molecular weight excluding hydrogens is 489 g/mol. The molecule has 0 spiro atoms. The van der Waals surface area contributed by atoms with Crippen molar-refractivity contribution in [2.75, 3.05) is 6.61 Å². The van der Waals surface area contributed by atoms with Crippen molar-refractivity contribution in [3.8, 4) is 11.5 Å². The van der Waals surface area contributed by atoms with Crippen molar-refractivity contribution in [1.29, 1.82) is 0 Å². The Hall–Kier alpha value is -1.96. The van der Waals surface area contributed by atoms with Gasteiger partial charge in [0.15, 0.2) is 0 Å². The third kappa shape index (κ3) is 12.3. The molecule has 11 heteroatoms. The molecule has 0 heterocycles. The number of hydrogen-bond acceptors (Lipinski definition) is 5. The molecule has 0 aliphatic rings. The van der Waals surface area contributed by atoms with Crippen LogP contribution in [0.3, 0.4) is 0 Å². The Morgan fingerprint density at radius 1 is 1.31 bits per heavy atom. The predicted molar refractivity (Wildman–Crippen MR) is 115 cm³/mol. The number of aromatic hydroxyl groups is 1. The second-order valence-corrected chi connectivity index (χ2v) is 6.00. The summed E-state index contributed by atoms with van der Waals surface area (Å²) in [6.07, 6.45) is 2.15. The molecule has 2 aromatic rings. The minimum Gasteiger partial charge on any atom is -0.753 e. The van der Waals surface area contributed by atoms with E-state index in [1.807, 2.05) is 0 Å². The Morgan fingerprint density at radius 3 is 2.59 bits per heavy atom. The number of thiocarbonyl (C=S) groups is 1. The Kier molecular flexibility index (Phi) is 17.1. The predicted octanol–water partition coefficient (Wildman–Crippen LogP) is 3.84. The molecular formula is C18H18Cl2CuN3O4S. The summed E-state index contributed by atoms with van der Waals surface area (Å²) in [7, 11) is 0. The SMILES string of the molecule is O.O=C(CCCOc1ccc(Cl)cc1Cl)N/N=C/c1ccccc1O.[Cu+].[N-]=C=S. The molecule has 2 aromatic carbocycles. The zero-order valence-electron chi connectivity index (χ0n) is 14.9. The number of hydrazone groups is 1. The van der Waals surface area contributed by atoms with Crippen molar-refractivity contribution in [3.05, 3.63) is 63.5 Å². The Bertz CT molecular complexity index is 835. The van der Waals surface area contributed by atoms with Crippen LogP contribution < -0.4 is 10.2 Å². The summed E-state index contributed by atoms with van der Waals surface area (Å²) in [5.74, 6) is 0.385. The maximum Gasteiger partial charge on any atom is 1.00 e. The van der Waals surface area contributed by atoms with Crippen LogP contribution in [-0.4, -0.2) is 34.5 Å². The second kappa shape index (κ2) is 16.9. The van der Waals surface area contributed by atoms with Gasteiger partial charge in [0.2, 0.25) is 5.91 Å². The van der Waals surface area contributed by atoms with Crippen molar-refractivity contribution in [2.45, 2.75) is 12.8 Å². The number of phenols is 1. The summed E-state index contributed by atoms with van der Waals surface area (Å²) in [6, 6.07) is 11.7. The molecule has 0 aliphatic carbocycles. The van der Waals surface area contributed by atoms with Gasteiger partial charge in [0.1, 0.15) is 11.5 Å². The maximum atomic E-state index is 11.7. The number of phenolic OH excluding ortho intramolecular Hbond substituents is 1. The first kappa shape index (κ1) is 29.2. The number of benzene rings is 2. The normalized spacial score (nSPS) is 9.17. The van der Waals surface area contributed by atoms with E-state index in [4.69, 9.17) is 33.3 Å². The monoisotopic (exact) mass is 505 g/mol. The van der Waals surface area contributed by atoms with E-state index in [-0.39, 0.29) is 40.6 Å². The van der Waals surface area contributed by atoms with Crippen LogP contribution in [0, 0.1) is 0 Å². The molecule has 0 saturated carbocycles. The largest absolute Gasteiger partial charge is 1.00 e. The standard InChI is InChI=1S/C17H16Cl2N2O3.CNS.Cu.H2O/c18-13-7-8-16(14(19)10-13)24-9-3-6-17(23)21-20-11-12-4-1-2-5-15(12)22;2-1-3;;/h1-2,4-5,7-8,10-11,22H,3,6,9H2,(H,21,23);;;1H2/q;-1;+1;/b20-11+;;;. The van der Waals surface area contributed by atoms with Crippen molar-refractivity contribution in [3.63, 3.8) is 0 Å². The molecule has 29 heavy (non-hydrogen) atoms. The molecule has 0 unspecified atom stereocenters. The fourth-order valence-electron chi connectivity index (χ4n) is 1.83. The van der Waals surface area contributed by atoms with E-state index in [1.165, 1.54) is 11.4 Å². The molecule has 0 aromatic heterocycles. The summed E-state index contributed by atoms with van der Waals surface area (Å²) in [4.78, 5) is 11.7. The molecule has 0 radical (unpaired) electrons. The molecule has 0 aliphatic heterocycles. The molecule has 1 amide bonds. The molecule has 0 bridgehead atoms. The number of nitrogens with one attached hydrogen (secondary N) is 1. The van der Waals surface area contributed by atoms with Gasteiger partial charge < -0.3 is 20.7 Å². The van der Waals surface area contributed by atoms with Gasteiger partial charge in [-0.2, -0.15) is 10.3 Å². The number of isothiocyanates is 1. The minimum absolute atomic E-state index is 0. The number of ether oxygens (including phenoxy) is 1. The van der Waals surface area contributed by atoms with Crippen molar-refractivity contribution in [1.82, 2.24) is 5.43 Å². The summed E-state index contributed by atoms with van der Waals surface area (Å²) >= 11 is 15.5. The van der Waals surface area contributed by atoms with Crippen LogP contribution in [-0.2, 0) is 21.9 Å². The first-order chi connectivity index (χ1) is 13.0. The van der Waals surface area contributed by atoms with Crippen molar-refractivity contribution < 1.29 is 37.2 Å². The molecule has 2 rings (SSSR count). The first-order valence-corrected chi connectivity index (χ1v) is 8.83. The minimum atomic E-state index is -0.243. The van der Waals surface area contributed by atoms with E-state index < -0.39 is 0 Å². The van der Waals surface area contributed by atoms with Gasteiger partial charge in [0, 0.05) is 17.0 Å². The van der Waals surface area contributed by atoms with Crippen LogP contribution in [0.25, 0.3) is 5.41 Å². The summed E-state index contributed by atoms with van der Waals surface area (Å²) in [5, 5.41) is 22.8. The van der Waals surface area contributed by atoms with Crippen molar-refractivity contribution in [2.24, 2.45) is 5.10 Å². The van der Waals surface area contributed by atoms with Gasteiger partial charge in [-0.25, -0.2) is 5.43 Å². The molecule has 7 nitrogen and oxygen atoms in total. The third-order valence-electron chi connectivity index (χ3n) is 3.03. The average molecular weight is 507 g/mol. The number of amides is 1. The number of carbonyl (C=O) groups excluding carboxylic acids is 1. The van der Waals surface area contributed by atoms with Crippen LogP contribution in [0.5, 0.6) is 11.5 Å². The Balaban J connectivity index is 0. The number of hydrogen-bond donors (Lipinski definition) is 2. The maximum absolute atomic E-state index is 11.7. The van der Waals surface area contributed by atoms with Gasteiger partial charge in [-0.3, -0.25) is 4.79 Å². The van der Waals surface area contributed by atoms with Gasteiger partial charge >= 0.3 is 17.1 Å². The third-order valence-corrected chi connectivity index (χ3v) is 3.56. The van der Waals surface area contributed by atoms with E-state index in [1.54, 1.807) is 42.5 Å².